The summed E-state index contributed by atoms with van der Waals surface area (Å²) in [6, 6.07) is 5.87. The second-order valence-corrected chi connectivity index (χ2v) is 7.00. The molecule has 1 aliphatic heterocycles. The van der Waals surface area contributed by atoms with Crippen LogP contribution in [-0.4, -0.2) is 36.4 Å². The van der Waals surface area contributed by atoms with E-state index in [0.717, 1.165) is 5.56 Å². The van der Waals surface area contributed by atoms with Gasteiger partial charge in [0.05, 0.1) is 4.90 Å². The van der Waals surface area contributed by atoms with Crippen LogP contribution >= 0.6 is 0 Å². The fourth-order valence-corrected chi connectivity index (χ4v) is 4.53. The maximum Gasteiger partial charge on any atom is 0.262 e. The first-order valence-corrected chi connectivity index (χ1v) is 7.87. The van der Waals surface area contributed by atoms with Crippen molar-refractivity contribution in [3.8, 4) is 0 Å². The Morgan fingerprint density at radius 2 is 2.00 bits per heavy atom. The van der Waals surface area contributed by atoms with Crippen LogP contribution in [0.1, 0.15) is 19.4 Å². The fourth-order valence-electron chi connectivity index (χ4n) is 2.56. The van der Waals surface area contributed by atoms with Crippen molar-refractivity contribution < 1.29 is 18.4 Å². The van der Waals surface area contributed by atoms with Crippen molar-refractivity contribution in [2.75, 3.05) is 6.54 Å². The number of nitrogens with zero attached hydrogens (tertiary/aromatic N) is 1. The lowest BCUT2D eigenvalue weighted by molar-refractivity contribution is -0.134. The van der Waals surface area contributed by atoms with Crippen molar-refractivity contribution >= 4 is 15.9 Å². The highest BCUT2D eigenvalue weighted by Crippen LogP contribution is 2.29. The van der Waals surface area contributed by atoms with Gasteiger partial charge < -0.3 is 0 Å². The molecule has 0 aromatic heterocycles. The molecule has 2 N–H and O–H groups in total. The molecule has 2 rings (SSSR count). The van der Waals surface area contributed by atoms with E-state index < -0.39 is 22.0 Å². The van der Waals surface area contributed by atoms with Crippen LogP contribution in [0.2, 0.25) is 0 Å². The molecule has 1 amide bonds. The molecule has 0 fully saturated rings. The average molecular weight is 298 g/mol. The standard InChI is InChI=1S/C13H18N2O4S/c1-9(2)12(13(16)14-17)15-8-7-10-5-3-4-6-11(10)20(15,18)19/h3-6,9,12,17H,7-8H2,1-2H3,(H,14,16)/t12-/m1/s1. The van der Waals surface area contributed by atoms with E-state index >= 15 is 0 Å². The first-order chi connectivity index (χ1) is 9.39. The van der Waals surface area contributed by atoms with Crippen molar-refractivity contribution in [2.45, 2.75) is 31.2 Å². The Morgan fingerprint density at radius 1 is 1.35 bits per heavy atom. The van der Waals surface area contributed by atoms with Gasteiger partial charge in [0.2, 0.25) is 10.0 Å². The number of amides is 1. The summed E-state index contributed by atoms with van der Waals surface area (Å²) in [6.07, 6.45) is 0.553. The normalized spacial score (nSPS) is 19.4. The molecule has 0 bridgehead atoms. The van der Waals surface area contributed by atoms with Crippen LogP contribution in [0.4, 0.5) is 0 Å². The largest absolute Gasteiger partial charge is 0.289 e. The van der Waals surface area contributed by atoms with Crippen molar-refractivity contribution in [3.05, 3.63) is 29.8 Å². The number of hydrogen-bond acceptors (Lipinski definition) is 4. The number of rotatable bonds is 3. The summed E-state index contributed by atoms with van der Waals surface area (Å²) >= 11 is 0. The number of nitrogens with one attached hydrogen (secondary N) is 1. The summed E-state index contributed by atoms with van der Waals surface area (Å²) in [5.74, 6) is -0.954. The zero-order chi connectivity index (χ0) is 14.9. The topological polar surface area (TPSA) is 86.7 Å². The highest BCUT2D eigenvalue weighted by molar-refractivity contribution is 7.89. The van der Waals surface area contributed by atoms with Gasteiger partial charge in [0, 0.05) is 6.54 Å². The van der Waals surface area contributed by atoms with Crippen LogP contribution in [0.15, 0.2) is 29.2 Å². The molecule has 0 radical (unpaired) electrons. The first kappa shape index (κ1) is 15.0. The molecule has 1 aromatic carbocycles. The van der Waals surface area contributed by atoms with Gasteiger partial charge in [0.25, 0.3) is 5.91 Å². The molecule has 1 atom stereocenters. The number of benzene rings is 1. The van der Waals surface area contributed by atoms with Gasteiger partial charge in [-0.05, 0) is 24.0 Å². The highest BCUT2D eigenvalue weighted by Gasteiger charge is 2.40. The number of fused-ring (bicyclic) bond motifs is 1. The molecule has 0 unspecified atom stereocenters. The molecule has 110 valence electrons. The van der Waals surface area contributed by atoms with Crippen LogP contribution in [-0.2, 0) is 21.2 Å². The van der Waals surface area contributed by atoms with Crippen LogP contribution in [0.25, 0.3) is 0 Å². The molecule has 1 aliphatic rings. The predicted molar refractivity (Wildman–Crippen MR) is 72.6 cm³/mol. The number of carbonyl (C=O) groups is 1. The molecule has 7 heteroatoms. The monoisotopic (exact) mass is 298 g/mol. The second-order valence-electron chi connectivity index (χ2n) is 5.14. The molecule has 6 nitrogen and oxygen atoms in total. The quantitative estimate of drug-likeness (QED) is 0.637. The summed E-state index contributed by atoms with van der Waals surface area (Å²) in [6.45, 7) is 3.72. The zero-order valence-corrected chi connectivity index (χ0v) is 12.2. The fraction of sp³-hybridized carbons (Fsp3) is 0.462. The molecular weight excluding hydrogens is 280 g/mol. The van der Waals surface area contributed by atoms with Crippen LogP contribution in [0.3, 0.4) is 0 Å². The van der Waals surface area contributed by atoms with E-state index in [0.29, 0.717) is 6.42 Å². The maximum absolute atomic E-state index is 12.6. The SMILES string of the molecule is CC(C)[C@H](C(=O)NO)N1CCc2ccccc2S1(=O)=O. The lowest BCUT2D eigenvalue weighted by Crippen LogP contribution is -2.53. The van der Waals surface area contributed by atoms with Crippen LogP contribution < -0.4 is 5.48 Å². The van der Waals surface area contributed by atoms with Crippen molar-refractivity contribution in [1.29, 1.82) is 0 Å². The Hall–Kier alpha value is -1.44. The van der Waals surface area contributed by atoms with E-state index in [2.05, 4.69) is 0 Å². The highest BCUT2D eigenvalue weighted by atomic mass is 32.2. The van der Waals surface area contributed by atoms with Crippen LogP contribution in [0.5, 0.6) is 0 Å². The third kappa shape index (κ3) is 2.44. The van der Waals surface area contributed by atoms with Crippen molar-refractivity contribution in [3.63, 3.8) is 0 Å². The lowest BCUT2D eigenvalue weighted by atomic mass is 10.0. The maximum atomic E-state index is 12.6. The van der Waals surface area contributed by atoms with E-state index in [4.69, 9.17) is 5.21 Å². The molecule has 0 saturated carbocycles. The first-order valence-electron chi connectivity index (χ1n) is 6.43. The molecule has 1 aromatic rings. The minimum Gasteiger partial charge on any atom is -0.289 e. The van der Waals surface area contributed by atoms with Gasteiger partial charge in [-0.1, -0.05) is 32.0 Å². The van der Waals surface area contributed by atoms with E-state index in [1.54, 1.807) is 43.6 Å². The minimum atomic E-state index is -3.72. The summed E-state index contributed by atoms with van der Waals surface area (Å²) in [4.78, 5) is 12.0. The van der Waals surface area contributed by atoms with E-state index in [1.807, 2.05) is 0 Å². The van der Waals surface area contributed by atoms with Gasteiger partial charge >= 0.3 is 0 Å². The number of carbonyl (C=O) groups excluding carboxylic acids is 1. The summed E-state index contributed by atoms with van der Waals surface area (Å²) in [7, 11) is -3.72. The van der Waals surface area contributed by atoms with Gasteiger partial charge in [-0.3, -0.25) is 10.0 Å². The van der Waals surface area contributed by atoms with Gasteiger partial charge in [0.15, 0.2) is 0 Å². The van der Waals surface area contributed by atoms with Gasteiger partial charge in [0.1, 0.15) is 6.04 Å². The molecule has 0 aliphatic carbocycles. The van der Waals surface area contributed by atoms with Gasteiger partial charge in [-0.2, -0.15) is 4.31 Å². The van der Waals surface area contributed by atoms with Crippen molar-refractivity contribution in [1.82, 2.24) is 9.79 Å². The molecule has 1 heterocycles. The average Bonchev–Trinajstić information content (AvgIpc) is 2.41. The molecule has 20 heavy (non-hydrogen) atoms. The molecule has 0 saturated heterocycles. The minimum absolute atomic E-state index is 0.232. The Balaban J connectivity index is 2.47. The zero-order valence-electron chi connectivity index (χ0n) is 11.4. The summed E-state index contributed by atoms with van der Waals surface area (Å²) in [5.41, 5.74) is 2.32. The van der Waals surface area contributed by atoms with Gasteiger partial charge in [-0.25, -0.2) is 13.9 Å². The Kier molecular flexibility index (Phi) is 4.12. The number of sulfonamides is 1. The Bertz CT molecular complexity index is 613. The summed E-state index contributed by atoms with van der Waals surface area (Å²) < 4.78 is 26.4. The van der Waals surface area contributed by atoms with E-state index in [1.165, 1.54) is 4.31 Å². The van der Waals surface area contributed by atoms with E-state index in [-0.39, 0.29) is 17.4 Å². The van der Waals surface area contributed by atoms with Crippen LogP contribution in [0, 0.1) is 5.92 Å². The van der Waals surface area contributed by atoms with Gasteiger partial charge in [-0.15, -0.1) is 0 Å². The second kappa shape index (κ2) is 5.51. The predicted octanol–water partition coefficient (Wildman–Crippen LogP) is 0.763. The number of hydroxylamine groups is 1. The Morgan fingerprint density at radius 3 is 2.60 bits per heavy atom. The van der Waals surface area contributed by atoms with Crippen molar-refractivity contribution in [2.24, 2.45) is 5.92 Å². The lowest BCUT2D eigenvalue weighted by Gasteiger charge is -2.35. The molecule has 0 spiro atoms. The summed E-state index contributed by atoms with van der Waals surface area (Å²) in [5, 5.41) is 8.83. The smallest absolute Gasteiger partial charge is 0.262 e. The van der Waals surface area contributed by atoms with E-state index in [9.17, 15) is 13.2 Å². The third-order valence-corrected chi connectivity index (χ3v) is 5.46. The Labute approximate surface area is 118 Å². The third-order valence-electron chi connectivity index (χ3n) is 3.48. The molecular formula is C13H18N2O4S. The number of hydrogen-bond donors (Lipinski definition) is 2.